The summed E-state index contributed by atoms with van der Waals surface area (Å²) >= 11 is 0. The molecule has 0 aliphatic carbocycles. The van der Waals surface area contributed by atoms with Crippen molar-refractivity contribution in [3.8, 4) is 0 Å². The van der Waals surface area contributed by atoms with Gasteiger partial charge < -0.3 is 9.47 Å². The van der Waals surface area contributed by atoms with Crippen LogP contribution in [-0.2, 0) is 19.1 Å². The summed E-state index contributed by atoms with van der Waals surface area (Å²) in [5.41, 5.74) is 0. The van der Waals surface area contributed by atoms with Crippen LogP contribution in [-0.4, -0.2) is 24.6 Å². The van der Waals surface area contributed by atoms with Gasteiger partial charge in [0.2, 0.25) is 0 Å². The van der Waals surface area contributed by atoms with Crippen LogP contribution in [0.2, 0.25) is 0 Å². The number of ether oxygens (including phenoxy) is 2. The van der Waals surface area contributed by atoms with Gasteiger partial charge in [0.15, 0.2) is 0 Å². The van der Waals surface area contributed by atoms with Gasteiger partial charge >= 0.3 is 11.9 Å². The zero-order valence-corrected chi connectivity index (χ0v) is 7.75. The number of rotatable bonds is 0. The van der Waals surface area contributed by atoms with E-state index in [4.69, 9.17) is 9.47 Å². The predicted molar refractivity (Wildman–Crippen MR) is 45.0 cm³/mol. The number of hydrogen-bond donors (Lipinski definition) is 0. The molecule has 1 unspecified atom stereocenters. The average Bonchev–Trinajstić information content (AvgIpc) is 2.08. The first kappa shape index (κ1) is 10.0. The van der Waals surface area contributed by atoms with Crippen LogP contribution in [0.3, 0.4) is 0 Å². The van der Waals surface area contributed by atoms with Crippen molar-refractivity contribution in [2.75, 3.05) is 6.61 Å². The maximum Gasteiger partial charge on any atom is 0.306 e. The van der Waals surface area contributed by atoms with Crippen molar-refractivity contribution in [2.24, 2.45) is 0 Å². The Kier molecular flexibility index (Phi) is 3.73. The van der Waals surface area contributed by atoms with Crippen molar-refractivity contribution < 1.29 is 19.1 Å². The predicted octanol–water partition coefficient (Wildman–Crippen LogP) is 1.04. The van der Waals surface area contributed by atoms with Crippen LogP contribution in [0.1, 0.15) is 32.6 Å². The molecule has 0 N–H and O–H groups in total. The molecule has 0 aromatic carbocycles. The second-order valence-corrected chi connectivity index (χ2v) is 3.19. The van der Waals surface area contributed by atoms with E-state index in [2.05, 4.69) is 0 Å². The zero-order valence-electron chi connectivity index (χ0n) is 7.75. The van der Waals surface area contributed by atoms with E-state index in [1.54, 1.807) is 6.92 Å². The molecule has 0 radical (unpaired) electrons. The summed E-state index contributed by atoms with van der Waals surface area (Å²) in [7, 11) is 0. The number of carbonyl (C=O) groups is 2. The fourth-order valence-electron chi connectivity index (χ4n) is 1.14. The Hall–Kier alpha value is -1.06. The van der Waals surface area contributed by atoms with E-state index in [-0.39, 0.29) is 24.6 Å². The molecule has 1 atom stereocenters. The molecule has 13 heavy (non-hydrogen) atoms. The van der Waals surface area contributed by atoms with E-state index < -0.39 is 0 Å². The third-order valence-corrected chi connectivity index (χ3v) is 1.82. The molecule has 1 saturated heterocycles. The molecule has 1 fully saturated rings. The highest BCUT2D eigenvalue weighted by Crippen LogP contribution is 2.07. The van der Waals surface area contributed by atoms with Crippen molar-refractivity contribution in [2.45, 2.75) is 38.7 Å². The van der Waals surface area contributed by atoms with E-state index in [1.165, 1.54) is 0 Å². The number of carbonyl (C=O) groups excluding carboxylic acids is 2. The molecule has 1 heterocycles. The monoisotopic (exact) mass is 186 g/mol. The van der Waals surface area contributed by atoms with E-state index >= 15 is 0 Å². The largest absolute Gasteiger partial charge is 0.462 e. The van der Waals surface area contributed by atoms with Crippen LogP contribution in [0.25, 0.3) is 0 Å². The minimum atomic E-state index is -0.324. The summed E-state index contributed by atoms with van der Waals surface area (Å²) in [5.74, 6) is -0.407. The lowest BCUT2D eigenvalue weighted by Crippen LogP contribution is -2.23. The zero-order chi connectivity index (χ0) is 9.68. The van der Waals surface area contributed by atoms with Crippen molar-refractivity contribution in [1.82, 2.24) is 0 Å². The van der Waals surface area contributed by atoms with Crippen molar-refractivity contribution >= 4 is 11.9 Å². The van der Waals surface area contributed by atoms with E-state index in [0.29, 0.717) is 25.7 Å². The third-order valence-electron chi connectivity index (χ3n) is 1.82. The lowest BCUT2D eigenvalue weighted by Gasteiger charge is -2.15. The number of esters is 2. The first-order valence-corrected chi connectivity index (χ1v) is 4.53. The maximum absolute atomic E-state index is 11.0. The molecule has 0 spiro atoms. The fourth-order valence-corrected chi connectivity index (χ4v) is 1.14. The minimum Gasteiger partial charge on any atom is -0.462 e. The van der Waals surface area contributed by atoms with Gasteiger partial charge in [-0.2, -0.15) is 0 Å². The highest BCUT2D eigenvalue weighted by Gasteiger charge is 2.14. The van der Waals surface area contributed by atoms with Gasteiger partial charge in [0.1, 0.15) is 12.7 Å². The summed E-state index contributed by atoms with van der Waals surface area (Å²) in [5, 5.41) is 0. The van der Waals surface area contributed by atoms with Crippen molar-refractivity contribution in [1.29, 1.82) is 0 Å². The molecular weight excluding hydrogens is 172 g/mol. The van der Waals surface area contributed by atoms with Crippen LogP contribution in [0.4, 0.5) is 0 Å². The van der Waals surface area contributed by atoms with Gasteiger partial charge in [-0.1, -0.05) is 0 Å². The smallest absolute Gasteiger partial charge is 0.306 e. The standard InChI is InChI=1S/C9H14O4/c1-7-6-12-8(10)4-2-3-5-9(11)13-7/h7H,2-6H2,1H3. The second-order valence-electron chi connectivity index (χ2n) is 3.19. The molecule has 0 saturated carbocycles. The molecule has 0 aromatic rings. The summed E-state index contributed by atoms with van der Waals surface area (Å²) in [6, 6.07) is 0. The van der Waals surface area contributed by atoms with E-state index in [1.807, 2.05) is 0 Å². The van der Waals surface area contributed by atoms with Gasteiger partial charge in [-0.05, 0) is 19.8 Å². The molecule has 1 aliphatic heterocycles. The lowest BCUT2D eigenvalue weighted by molar-refractivity contribution is -0.159. The van der Waals surface area contributed by atoms with Crippen LogP contribution in [0, 0.1) is 0 Å². The number of hydrogen-bond acceptors (Lipinski definition) is 4. The highest BCUT2D eigenvalue weighted by molar-refractivity contribution is 5.71. The first-order chi connectivity index (χ1) is 6.18. The van der Waals surface area contributed by atoms with Gasteiger partial charge in [0.05, 0.1) is 0 Å². The Morgan fingerprint density at radius 2 is 1.77 bits per heavy atom. The fraction of sp³-hybridized carbons (Fsp3) is 0.778. The van der Waals surface area contributed by atoms with E-state index in [9.17, 15) is 9.59 Å². The summed E-state index contributed by atoms with van der Waals surface area (Å²) in [4.78, 5) is 22.0. The molecule has 1 aliphatic rings. The molecule has 0 aromatic heterocycles. The molecule has 1 rings (SSSR count). The minimum absolute atomic E-state index is 0.171. The Balaban J connectivity index is 2.41. The molecule has 0 amide bonds. The summed E-state index contributed by atoms with van der Waals surface area (Å²) < 4.78 is 9.82. The van der Waals surface area contributed by atoms with E-state index in [0.717, 1.165) is 0 Å². The Morgan fingerprint density at radius 1 is 1.15 bits per heavy atom. The molecule has 4 heteroatoms. The van der Waals surface area contributed by atoms with Gasteiger partial charge in [-0.25, -0.2) is 0 Å². The highest BCUT2D eigenvalue weighted by atomic mass is 16.6. The summed E-state index contributed by atoms with van der Waals surface area (Å²) in [6.45, 7) is 1.89. The van der Waals surface area contributed by atoms with Crippen molar-refractivity contribution in [3.05, 3.63) is 0 Å². The normalized spacial score (nSPS) is 26.1. The van der Waals surface area contributed by atoms with Gasteiger partial charge in [-0.15, -0.1) is 0 Å². The van der Waals surface area contributed by atoms with Gasteiger partial charge in [0, 0.05) is 12.8 Å². The molecule has 74 valence electrons. The van der Waals surface area contributed by atoms with Crippen molar-refractivity contribution in [3.63, 3.8) is 0 Å². The molecule has 4 nitrogen and oxygen atoms in total. The van der Waals surface area contributed by atoms with Crippen LogP contribution >= 0.6 is 0 Å². The lowest BCUT2D eigenvalue weighted by atomic mass is 10.2. The topological polar surface area (TPSA) is 52.6 Å². The van der Waals surface area contributed by atoms with Crippen LogP contribution in [0.15, 0.2) is 0 Å². The Labute approximate surface area is 77.2 Å². The SMILES string of the molecule is CC1COC(=O)CCCCC(=O)O1. The Morgan fingerprint density at radius 3 is 2.46 bits per heavy atom. The average molecular weight is 186 g/mol. The van der Waals surface area contributed by atoms with Gasteiger partial charge in [-0.3, -0.25) is 9.59 Å². The quantitative estimate of drug-likeness (QED) is 0.530. The first-order valence-electron chi connectivity index (χ1n) is 4.53. The molecule has 0 bridgehead atoms. The van der Waals surface area contributed by atoms with Crippen LogP contribution < -0.4 is 0 Å². The van der Waals surface area contributed by atoms with Gasteiger partial charge in [0.25, 0.3) is 0 Å². The maximum atomic E-state index is 11.0. The molecular formula is C9H14O4. The Bertz CT molecular complexity index is 200. The second kappa shape index (κ2) is 4.84. The third kappa shape index (κ3) is 3.92. The number of cyclic esters (lactones) is 2. The van der Waals surface area contributed by atoms with Crippen LogP contribution in [0.5, 0.6) is 0 Å². The summed E-state index contributed by atoms with van der Waals surface area (Å²) in [6.07, 6.45) is 1.87.